The number of aryl methyl sites for hydroxylation is 2. The molecule has 5 nitrogen and oxygen atoms in total. The van der Waals surface area contributed by atoms with Crippen LogP contribution in [0.1, 0.15) is 31.0 Å². The number of carboxylic acids is 1. The van der Waals surface area contributed by atoms with Crippen molar-refractivity contribution in [3.63, 3.8) is 0 Å². The number of hydrogen-bond donors (Lipinski definition) is 1. The van der Waals surface area contributed by atoms with Crippen LogP contribution in [0.2, 0.25) is 0 Å². The Morgan fingerprint density at radius 1 is 1.19 bits per heavy atom. The van der Waals surface area contributed by atoms with Gasteiger partial charge in [-0.25, -0.2) is 9.78 Å². The van der Waals surface area contributed by atoms with Crippen molar-refractivity contribution in [1.82, 2.24) is 9.55 Å². The van der Waals surface area contributed by atoms with Crippen molar-refractivity contribution in [1.29, 1.82) is 0 Å². The highest BCUT2D eigenvalue weighted by atomic mass is 79.9. The molecule has 172 valence electrons. The number of carboxylic acid groups (broad SMARTS) is 1. The van der Waals surface area contributed by atoms with Crippen LogP contribution in [-0.4, -0.2) is 33.9 Å². The van der Waals surface area contributed by atoms with Gasteiger partial charge in [0.2, 0.25) is 0 Å². The van der Waals surface area contributed by atoms with Gasteiger partial charge in [0, 0.05) is 22.3 Å². The van der Waals surface area contributed by atoms with Gasteiger partial charge < -0.3 is 14.4 Å². The number of para-hydroxylation sites is 1. The van der Waals surface area contributed by atoms with Gasteiger partial charge in [0.15, 0.2) is 0 Å². The van der Waals surface area contributed by atoms with Crippen LogP contribution in [0.3, 0.4) is 0 Å². The molecule has 1 heterocycles. The number of methoxy groups -OCH3 is 1. The van der Waals surface area contributed by atoms with Gasteiger partial charge in [0.05, 0.1) is 19.1 Å². The summed E-state index contributed by atoms with van der Waals surface area (Å²) < 4.78 is 40.5. The zero-order chi connectivity index (χ0) is 23.9. The number of alkyl halides is 3. The zero-order valence-electron chi connectivity index (χ0n) is 17.9. The van der Waals surface area contributed by atoms with Crippen LogP contribution in [0.5, 0.6) is 5.75 Å². The Hall–Kier alpha value is -2.81. The maximum atomic E-state index is 10.6. The van der Waals surface area contributed by atoms with Crippen molar-refractivity contribution in [3.05, 3.63) is 70.6 Å². The van der Waals surface area contributed by atoms with Gasteiger partial charge >= 0.3 is 12.1 Å². The number of hydrogen-bond acceptors (Lipinski definition) is 3. The van der Waals surface area contributed by atoms with E-state index < -0.39 is 12.1 Å². The second kappa shape index (κ2) is 11.2. The summed E-state index contributed by atoms with van der Waals surface area (Å²) in [5, 5.41) is 7.12. The minimum absolute atomic E-state index is 0.397. The summed E-state index contributed by atoms with van der Waals surface area (Å²) >= 11 is 3.56. The molecular formula is C23H24BrF3N2O3. The first-order chi connectivity index (χ1) is 15.0. The molecule has 0 atom stereocenters. The van der Waals surface area contributed by atoms with E-state index in [0.29, 0.717) is 5.92 Å². The van der Waals surface area contributed by atoms with Crippen molar-refractivity contribution >= 4 is 21.9 Å². The third-order valence-electron chi connectivity index (χ3n) is 4.58. The zero-order valence-corrected chi connectivity index (χ0v) is 19.4. The number of rotatable bonds is 6. The fraction of sp³-hybridized carbons (Fsp3) is 0.304. The standard InChI is InChI=1S/C21H23BrN2O.C2HF3O2/c1-15(2)21-20(17-8-6-9-18(22)13-17)23-14-24(21)12-11-16-7-4-5-10-19(16)25-3;3-2(4,5)1(6)7/h4-10,13-15H,11-12H2,1-3H3;(H,6,7). The van der Waals surface area contributed by atoms with Gasteiger partial charge in [-0.3, -0.25) is 0 Å². The first kappa shape index (κ1) is 25.5. The average molecular weight is 513 g/mol. The van der Waals surface area contributed by atoms with E-state index in [0.717, 1.165) is 34.4 Å². The molecular weight excluding hydrogens is 489 g/mol. The molecule has 0 spiro atoms. The van der Waals surface area contributed by atoms with Gasteiger partial charge in [0.25, 0.3) is 0 Å². The molecule has 0 bridgehead atoms. The highest BCUT2D eigenvalue weighted by Gasteiger charge is 2.38. The van der Waals surface area contributed by atoms with E-state index in [1.54, 1.807) is 7.11 Å². The normalized spacial score (nSPS) is 11.1. The second-order valence-corrected chi connectivity index (χ2v) is 8.12. The van der Waals surface area contributed by atoms with Crippen molar-refractivity contribution in [2.75, 3.05) is 7.11 Å². The number of aliphatic carboxylic acids is 1. The Labute approximate surface area is 193 Å². The summed E-state index contributed by atoms with van der Waals surface area (Å²) in [4.78, 5) is 13.6. The number of imidazole rings is 1. The van der Waals surface area contributed by atoms with Gasteiger partial charge in [-0.2, -0.15) is 13.2 Å². The Balaban J connectivity index is 0.000000451. The van der Waals surface area contributed by atoms with E-state index in [9.17, 15) is 13.2 Å². The molecule has 0 radical (unpaired) electrons. The molecule has 0 aliphatic heterocycles. The average Bonchev–Trinajstić information content (AvgIpc) is 3.16. The Morgan fingerprint density at radius 3 is 2.41 bits per heavy atom. The molecule has 3 aromatic rings. The minimum atomic E-state index is -5.08. The Morgan fingerprint density at radius 2 is 1.84 bits per heavy atom. The lowest BCUT2D eigenvalue weighted by molar-refractivity contribution is -0.192. The highest BCUT2D eigenvalue weighted by Crippen LogP contribution is 2.30. The van der Waals surface area contributed by atoms with Gasteiger partial charge in [-0.15, -0.1) is 0 Å². The summed E-state index contributed by atoms with van der Waals surface area (Å²) in [7, 11) is 1.72. The summed E-state index contributed by atoms with van der Waals surface area (Å²) in [5.74, 6) is -1.41. The van der Waals surface area contributed by atoms with E-state index >= 15 is 0 Å². The second-order valence-electron chi connectivity index (χ2n) is 7.20. The van der Waals surface area contributed by atoms with Crippen LogP contribution in [0.15, 0.2) is 59.3 Å². The minimum Gasteiger partial charge on any atom is -0.496 e. The van der Waals surface area contributed by atoms with Crippen LogP contribution < -0.4 is 4.74 Å². The number of carbonyl (C=O) groups is 1. The molecule has 9 heteroatoms. The fourth-order valence-electron chi connectivity index (χ4n) is 3.18. The molecule has 2 aromatic carbocycles. The van der Waals surface area contributed by atoms with Crippen LogP contribution in [-0.2, 0) is 17.8 Å². The number of aromatic nitrogens is 2. The molecule has 0 aliphatic carbocycles. The van der Waals surface area contributed by atoms with E-state index in [2.05, 4.69) is 64.7 Å². The third kappa shape index (κ3) is 6.85. The number of halogens is 4. The van der Waals surface area contributed by atoms with Gasteiger partial charge in [-0.1, -0.05) is 60.1 Å². The first-order valence-corrected chi connectivity index (χ1v) is 10.6. The van der Waals surface area contributed by atoms with Gasteiger partial charge in [0.1, 0.15) is 5.75 Å². The largest absolute Gasteiger partial charge is 0.496 e. The SMILES string of the molecule is COc1ccccc1CCn1cnc(-c2cccc(Br)c2)c1C(C)C.O=C(O)C(F)(F)F. The maximum absolute atomic E-state index is 10.6. The first-order valence-electron chi connectivity index (χ1n) is 9.77. The monoisotopic (exact) mass is 512 g/mol. The van der Waals surface area contributed by atoms with Crippen LogP contribution in [0.4, 0.5) is 13.2 Å². The molecule has 0 aliphatic rings. The van der Waals surface area contributed by atoms with Crippen LogP contribution in [0.25, 0.3) is 11.3 Å². The molecule has 0 unspecified atom stereocenters. The summed E-state index contributed by atoms with van der Waals surface area (Å²) in [6.45, 7) is 5.32. The number of nitrogens with zero attached hydrogens (tertiary/aromatic N) is 2. The van der Waals surface area contributed by atoms with Crippen LogP contribution in [0, 0.1) is 0 Å². The van der Waals surface area contributed by atoms with Crippen molar-refractivity contribution in [3.8, 4) is 17.0 Å². The Kier molecular flexibility index (Phi) is 8.89. The molecule has 1 N–H and O–H groups in total. The molecule has 32 heavy (non-hydrogen) atoms. The smallest absolute Gasteiger partial charge is 0.490 e. The molecule has 3 rings (SSSR count). The van der Waals surface area contributed by atoms with E-state index in [1.807, 2.05) is 24.5 Å². The molecule has 0 saturated carbocycles. The van der Waals surface area contributed by atoms with Crippen molar-refractivity contribution < 1.29 is 27.8 Å². The lowest BCUT2D eigenvalue weighted by atomic mass is 10.0. The van der Waals surface area contributed by atoms with E-state index in [1.165, 1.54) is 11.3 Å². The molecule has 1 aromatic heterocycles. The number of benzene rings is 2. The molecule has 0 amide bonds. The summed E-state index contributed by atoms with van der Waals surface area (Å²) in [6, 6.07) is 16.5. The molecule has 0 saturated heterocycles. The topological polar surface area (TPSA) is 64.4 Å². The van der Waals surface area contributed by atoms with Crippen molar-refractivity contribution in [2.24, 2.45) is 0 Å². The van der Waals surface area contributed by atoms with E-state index in [-0.39, 0.29) is 0 Å². The predicted octanol–water partition coefficient (Wildman–Crippen LogP) is 6.32. The van der Waals surface area contributed by atoms with Crippen molar-refractivity contribution in [2.45, 2.75) is 38.9 Å². The maximum Gasteiger partial charge on any atom is 0.490 e. The quantitative estimate of drug-likeness (QED) is 0.419. The lowest BCUT2D eigenvalue weighted by Gasteiger charge is -2.14. The number of ether oxygens (including phenoxy) is 1. The molecule has 0 fully saturated rings. The highest BCUT2D eigenvalue weighted by molar-refractivity contribution is 9.10. The fourth-order valence-corrected chi connectivity index (χ4v) is 3.58. The van der Waals surface area contributed by atoms with Crippen LogP contribution >= 0.6 is 15.9 Å². The summed E-state index contributed by atoms with van der Waals surface area (Å²) in [5.41, 5.74) is 4.70. The predicted molar refractivity (Wildman–Crippen MR) is 120 cm³/mol. The Bertz CT molecular complexity index is 1050. The van der Waals surface area contributed by atoms with E-state index in [4.69, 9.17) is 19.6 Å². The lowest BCUT2D eigenvalue weighted by Crippen LogP contribution is -2.21. The third-order valence-corrected chi connectivity index (χ3v) is 5.07. The summed E-state index contributed by atoms with van der Waals surface area (Å²) in [6.07, 6.45) is -2.21. The van der Waals surface area contributed by atoms with Gasteiger partial charge in [-0.05, 0) is 36.1 Å².